The van der Waals surface area contributed by atoms with E-state index in [1.807, 2.05) is 0 Å². The molecule has 8 nitrogen and oxygen atoms in total. The molecule has 1 aromatic heterocycles. The SMILES string of the molecule is CNc1ncnc(Cl)c1N1CC(CS(N)(=O)=O)CC1=O. The van der Waals surface area contributed by atoms with Gasteiger partial charge in [-0.25, -0.2) is 23.5 Å². The van der Waals surface area contributed by atoms with Crippen molar-refractivity contribution >= 4 is 39.0 Å². The highest BCUT2D eigenvalue weighted by atomic mass is 35.5. The third-order valence-electron chi connectivity index (χ3n) is 2.96. The number of nitrogens with zero attached hydrogens (tertiary/aromatic N) is 3. The van der Waals surface area contributed by atoms with Gasteiger partial charge in [0.2, 0.25) is 15.9 Å². The number of carbonyl (C=O) groups excluding carboxylic acids is 1. The van der Waals surface area contributed by atoms with Crippen LogP contribution in [0, 0.1) is 5.92 Å². The highest BCUT2D eigenvalue weighted by molar-refractivity contribution is 7.89. The van der Waals surface area contributed by atoms with Crippen molar-refractivity contribution in [3.8, 4) is 0 Å². The first-order chi connectivity index (χ1) is 9.31. The number of rotatable bonds is 4. The van der Waals surface area contributed by atoms with Crippen LogP contribution >= 0.6 is 11.6 Å². The first kappa shape index (κ1) is 14.9. The lowest BCUT2D eigenvalue weighted by atomic mass is 10.1. The summed E-state index contributed by atoms with van der Waals surface area (Å²) in [5, 5.41) is 7.97. The monoisotopic (exact) mass is 319 g/mol. The van der Waals surface area contributed by atoms with E-state index in [1.165, 1.54) is 11.2 Å². The first-order valence-corrected chi connectivity index (χ1v) is 7.90. The Labute approximate surface area is 121 Å². The third kappa shape index (κ3) is 3.17. The van der Waals surface area contributed by atoms with Crippen LogP contribution < -0.4 is 15.4 Å². The number of aromatic nitrogens is 2. The molecule has 0 spiro atoms. The second-order valence-corrected chi connectivity index (χ2v) is 6.53. The predicted molar refractivity (Wildman–Crippen MR) is 75.0 cm³/mol. The molecule has 1 amide bonds. The molecule has 3 N–H and O–H groups in total. The number of nitrogens with two attached hydrogens (primary N) is 1. The minimum Gasteiger partial charge on any atom is -0.371 e. The van der Waals surface area contributed by atoms with Gasteiger partial charge in [0.1, 0.15) is 12.0 Å². The Bertz CT molecular complexity index is 636. The van der Waals surface area contributed by atoms with E-state index >= 15 is 0 Å². The Hall–Kier alpha value is -1.45. The van der Waals surface area contributed by atoms with Crippen molar-refractivity contribution in [2.24, 2.45) is 11.1 Å². The summed E-state index contributed by atoms with van der Waals surface area (Å²) in [7, 11) is -1.98. The van der Waals surface area contributed by atoms with Crippen molar-refractivity contribution in [3.63, 3.8) is 0 Å². The molecule has 1 saturated heterocycles. The molecule has 0 aromatic carbocycles. The zero-order valence-electron chi connectivity index (χ0n) is 10.7. The van der Waals surface area contributed by atoms with Crippen molar-refractivity contribution in [3.05, 3.63) is 11.5 Å². The molecule has 1 fully saturated rings. The number of halogens is 1. The van der Waals surface area contributed by atoms with E-state index in [0.717, 1.165) is 0 Å². The summed E-state index contributed by atoms with van der Waals surface area (Å²) in [4.78, 5) is 21.3. The van der Waals surface area contributed by atoms with Crippen molar-refractivity contribution in [1.82, 2.24) is 9.97 Å². The minimum absolute atomic E-state index is 0.102. The number of primary sulfonamides is 1. The molecule has 10 heteroatoms. The standard InChI is InChI=1S/C10H14ClN5O3S/c1-13-10-8(9(11)14-5-15-10)16-3-6(2-7(16)17)4-20(12,18)19/h5-6H,2-4H2,1H3,(H2,12,18,19)(H,13,14,15). The van der Waals surface area contributed by atoms with Crippen LogP contribution in [-0.4, -0.2) is 43.6 Å². The molecular formula is C10H14ClN5O3S. The molecule has 110 valence electrons. The Morgan fingerprint density at radius 2 is 2.25 bits per heavy atom. The van der Waals surface area contributed by atoms with E-state index in [9.17, 15) is 13.2 Å². The van der Waals surface area contributed by atoms with Gasteiger partial charge in [-0.2, -0.15) is 0 Å². The van der Waals surface area contributed by atoms with E-state index in [4.69, 9.17) is 16.7 Å². The molecule has 1 aliphatic rings. The molecule has 2 heterocycles. The van der Waals surface area contributed by atoms with Crippen molar-refractivity contribution in [1.29, 1.82) is 0 Å². The van der Waals surface area contributed by atoms with Gasteiger partial charge in [-0.15, -0.1) is 0 Å². The summed E-state index contributed by atoms with van der Waals surface area (Å²) in [5.74, 6) is -0.421. The van der Waals surface area contributed by atoms with Crippen LogP contribution in [0.5, 0.6) is 0 Å². The van der Waals surface area contributed by atoms with Crippen LogP contribution in [0.1, 0.15) is 6.42 Å². The molecule has 2 rings (SSSR count). The van der Waals surface area contributed by atoms with Gasteiger partial charge in [0.15, 0.2) is 11.0 Å². The summed E-state index contributed by atoms with van der Waals surface area (Å²) in [6, 6.07) is 0. The molecule has 1 aliphatic heterocycles. The fraction of sp³-hybridized carbons (Fsp3) is 0.500. The highest BCUT2D eigenvalue weighted by Crippen LogP contribution is 2.34. The summed E-state index contributed by atoms with van der Waals surface area (Å²) in [5.41, 5.74) is 0.360. The molecule has 1 atom stereocenters. The number of sulfonamides is 1. The quantitative estimate of drug-likeness (QED) is 0.743. The summed E-state index contributed by atoms with van der Waals surface area (Å²) < 4.78 is 22.2. The number of nitrogens with one attached hydrogen (secondary N) is 1. The van der Waals surface area contributed by atoms with Crippen molar-refractivity contribution in [2.45, 2.75) is 6.42 Å². The number of hydrogen-bond donors (Lipinski definition) is 2. The van der Waals surface area contributed by atoms with Crippen LogP contribution in [0.2, 0.25) is 5.15 Å². The maximum atomic E-state index is 12.0. The molecule has 0 radical (unpaired) electrons. The fourth-order valence-electron chi connectivity index (χ4n) is 2.22. The number of carbonyl (C=O) groups is 1. The van der Waals surface area contributed by atoms with Crippen molar-refractivity contribution in [2.75, 3.05) is 29.6 Å². The van der Waals surface area contributed by atoms with Gasteiger partial charge >= 0.3 is 0 Å². The maximum absolute atomic E-state index is 12.0. The fourth-order valence-corrected chi connectivity index (χ4v) is 3.33. The lowest BCUT2D eigenvalue weighted by Gasteiger charge is -2.19. The average Bonchev–Trinajstić information content (AvgIpc) is 2.67. The van der Waals surface area contributed by atoms with Crippen molar-refractivity contribution < 1.29 is 13.2 Å². The van der Waals surface area contributed by atoms with Crippen LogP contribution in [0.15, 0.2) is 6.33 Å². The van der Waals surface area contributed by atoms with E-state index in [2.05, 4.69) is 15.3 Å². The molecular weight excluding hydrogens is 306 g/mol. The van der Waals surface area contributed by atoms with E-state index in [0.29, 0.717) is 11.5 Å². The van der Waals surface area contributed by atoms with Crippen LogP contribution in [-0.2, 0) is 14.8 Å². The van der Waals surface area contributed by atoms with E-state index in [-0.39, 0.29) is 35.7 Å². The second-order valence-electron chi connectivity index (χ2n) is 4.52. The molecule has 1 aromatic rings. The van der Waals surface area contributed by atoms with E-state index in [1.54, 1.807) is 7.05 Å². The largest absolute Gasteiger partial charge is 0.371 e. The van der Waals surface area contributed by atoms with Crippen LogP contribution in [0.25, 0.3) is 0 Å². The molecule has 0 aliphatic carbocycles. The minimum atomic E-state index is -3.62. The third-order valence-corrected chi connectivity index (χ3v) is 4.17. The Morgan fingerprint density at radius 1 is 1.55 bits per heavy atom. The summed E-state index contributed by atoms with van der Waals surface area (Å²) >= 11 is 6.01. The van der Waals surface area contributed by atoms with Gasteiger partial charge in [0, 0.05) is 25.9 Å². The first-order valence-electron chi connectivity index (χ1n) is 5.81. The zero-order valence-corrected chi connectivity index (χ0v) is 12.3. The lowest BCUT2D eigenvalue weighted by Crippen LogP contribution is -2.28. The van der Waals surface area contributed by atoms with Gasteiger partial charge < -0.3 is 10.2 Å². The molecule has 20 heavy (non-hydrogen) atoms. The highest BCUT2D eigenvalue weighted by Gasteiger charge is 2.35. The molecule has 1 unspecified atom stereocenters. The maximum Gasteiger partial charge on any atom is 0.227 e. The van der Waals surface area contributed by atoms with Gasteiger partial charge in [0.25, 0.3) is 0 Å². The Morgan fingerprint density at radius 3 is 2.85 bits per heavy atom. The van der Waals surface area contributed by atoms with Gasteiger partial charge in [-0.3, -0.25) is 4.79 Å². The number of hydrogen-bond acceptors (Lipinski definition) is 6. The lowest BCUT2D eigenvalue weighted by molar-refractivity contribution is -0.117. The molecule has 0 bridgehead atoms. The number of amides is 1. The van der Waals surface area contributed by atoms with Crippen LogP contribution in [0.3, 0.4) is 0 Å². The zero-order chi connectivity index (χ0) is 14.9. The molecule has 0 saturated carbocycles. The predicted octanol–water partition coefficient (Wildman–Crippen LogP) is -0.187. The summed E-state index contributed by atoms with van der Waals surface area (Å²) in [6.45, 7) is 0.219. The Balaban J connectivity index is 2.29. The summed E-state index contributed by atoms with van der Waals surface area (Å²) in [6.07, 6.45) is 1.38. The second kappa shape index (κ2) is 5.51. The van der Waals surface area contributed by atoms with Gasteiger partial charge in [-0.05, 0) is 0 Å². The smallest absolute Gasteiger partial charge is 0.227 e. The topological polar surface area (TPSA) is 118 Å². The number of anilines is 2. The normalized spacial score (nSPS) is 19.4. The Kier molecular flexibility index (Phi) is 4.11. The van der Waals surface area contributed by atoms with Crippen LogP contribution in [0.4, 0.5) is 11.5 Å². The average molecular weight is 320 g/mol. The van der Waals surface area contributed by atoms with E-state index < -0.39 is 10.0 Å². The van der Waals surface area contributed by atoms with Gasteiger partial charge in [-0.1, -0.05) is 11.6 Å². The van der Waals surface area contributed by atoms with Gasteiger partial charge in [0.05, 0.1) is 5.75 Å².